The van der Waals surface area contributed by atoms with Crippen LogP contribution in [0.4, 0.5) is 4.39 Å². The van der Waals surface area contributed by atoms with E-state index < -0.39 is 12.1 Å². The predicted octanol–water partition coefficient (Wildman–Crippen LogP) is 3.37. The standard InChI is InChI=1S/C13H18BrFO4/c1-4-17-13(18-5-2)8-19-12-7-11(16-3)9(14)6-10(12)15/h6-7,13H,4-5,8H2,1-3H3. The molecule has 0 aromatic heterocycles. The molecule has 1 rings (SSSR count). The van der Waals surface area contributed by atoms with Gasteiger partial charge in [-0.2, -0.15) is 0 Å². The van der Waals surface area contributed by atoms with Crippen molar-refractivity contribution in [3.63, 3.8) is 0 Å². The third-order valence-corrected chi connectivity index (χ3v) is 2.91. The second-order valence-corrected chi connectivity index (χ2v) is 4.42. The summed E-state index contributed by atoms with van der Waals surface area (Å²) in [5.74, 6) is 0.129. The van der Waals surface area contributed by atoms with Gasteiger partial charge >= 0.3 is 0 Å². The summed E-state index contributed by atoms with van der Waals surface area (Å²) in [5, 5.41) is 0. The van der Waals surface area contributed by atoms with Gasteiger partial charge in [0.1, 0.15) is 12.4 Å². The third-order valence-electron chi connectivity index (χ3n) is 2.29. The van der Waals surface area contributed by atoms with E-state index in [1.165, 1.54) is 19.2 Å². The minimum absolute atomic E-state index is 0.101. The van der Waals surface area contributed by atoms with Crippen molar-refractivity contribution < 1.29 is 23.3 Å². The molecule has 0 atom stereocenters. The first-order valence-corrected chi connectivity index (χ1v) is 6.80. The minimum Gasteiger partial charge on any atom is -0.495 e. The van der Waals surface area contributed by atoms with E-state index in [2.05, 4.69) is 15.9 Å². The lowest BCUT2D eigenvalue weighted by atomic mass is 10.3. The molecule has 108 valence electrons. The Hall–Kier alpha value is -0.850. The maximum absolute atomic E-state index is 13.7. The first-order valence-electron chi connectivity index (χ1n) is 6.01. The summed E-state index contributed by atoms with van der Waals surface area (Å²) < 4.78 is 35.3. The van der Waals surface area contributed by atoms with Gasteiger partial charge in [0.25, 0.3) is 0 Å². The summed E-state index contributed by atoms with van der Waals surface area (Å²) in [5.41, 5.74) is 0. The van der Waals surface area contributed by atoms with Crippen LogP contribution in [0.25, 0.3) is 0 Å². The molecule has 0 heterocycles. The molecule has 0 radical (unpaired) electrons. The van der Waals surface area contributed by atoms with E-state index in [4.69, 9.17) is 18.9 Å². The Morgan fingerprint density at radius 1 is 1.16 bits per heavy atom. The molecule has 0 saturated carbocycles. The van der Waals surface area contributed by atoms with Crippen LogP contribution >= 0.6 is 15.9 Å². The molecule has 0 N–H and O–H groups in total. The molecule has 0 bridgehead atoms. The van der Waals surface area contributed by atoms with Crippen molar-refractivity contribution in [3.8, 4) is 11.5 Å². The molecule has 0 unspecified atom stereocenters. The van der Waals surface area contributed by atoms with E-state index in [1.807, 2.05) is 13.8 Å². The van der Waals surface area contributed by atoms with Gasteiger partial charge in [0.05, 0.1) is 11.6 Å². The van der Waals surface area contributed by atoms with Gasteiger partial charge in [0, 0.05) is 19.3 Å². The normalized spacial score (nSPS) is 10.8. The monoisotopic (exact) mass is 336 g/mol. The molecule has 0 amide bonds. The zero-order valence-corrected chi connectivity index (χ0v) is 12.8. The van der Waals surface area contributed by atoms with Gasteiger partial charge in [-0.3, -0.25) is 0 Å². The molecule has 0 saturated heterocycles. The average molecular weight is 337 g/mol. The maximum Gasteiger partial charge on any atom is 0.191 e. The molecule has 6 heteroatoms. The van der Waals surface area contributed by atoms with Crippen molar-refractivity contribution in [3.05, 3.63) is 22.4 Å². The lowest BCUT2D eigenvalue weighted by molar-refractivity contribution is -0.152. The smallest absolute Gasteiger partial charge is 0.191 e. The molecule has 0 aliphatic rings. The highest BCUT2D eigenvalue weighted by Crippen LogP contribution is 2.31. The number of hydrogen-bond donors (Lipinski definition) is 0. The number of methoxy groups -OCH3 is 1. The number of ether oxygens (including phenoxy) is 4. The van der Waals surface area contributed by atoms with Gasteiger partial charge in [-0.15, -0.1) is 0 Å². The zero-order valence-electron chi connectivity index (χ0n) is 11.2. The molecular formula is C13H18BrFO4. The van der Waals surface area contributed by atoms with Gasteiger partial charge in [-0.25, -0.2) is 4.39 Å². The summed E-state index contributed by atoms with van der Waals surface area (Å²) in [6, 6.07) is 2.78. The van der Waals surface area contributed by atoms with Crippen molar-refractivity contribution in [2.45, 2.75) is 20.1 Å². The van der Waals surface area contributed by atoms with E-state index in [0.717, 1.165) is 0 Å². The first kappa shape index (κ1) is 16.2. The Labute approximate surface area is 120 Å². The first-order chi connectivity index (χ1) is 9.12. The van der Waals surface area contributed by atoms with Crippen molar-refractivity contribution in [2.75, 3.05) is 26.9 Å². The summed E-state index contributed by atoms with van der Waals surface area (Å²) >= 11 is 3.20. The fourth-order valence-electron chi connectivity index (χ4n) is 1.45. The lowest BCUT2D eigenvalue weighted by Crippen LogP contribution is -2.25. The van der Waals surface area contributed by atoms with E-state index in [0.29, 0.717) is 23.4 Å². The highest BCUT2D eigenvalue weighted by molar-refractivity contribution is 9.10. The van der Waals surface area contributed by atoms with Gasteiger partial charge in [-0.05, 0) is 35.8 Å². The van der Waals surface area contributed by atoms with Crippen LogP contribution in [0, 0.1) is 5.82 Å². The van der Waals surface area contributed by atoms with Crippen LogP contribution in [-0.4, -0.2) is 33.2 Å². The van der Waals surface area contributed by atoms with Crippen LogP contribution in [-0.2, 0) is 9.47 Å². The third kappa shape index (κ3) is 4.97. The predicted molar refractivity (Wildman–Crippen MR) is 73.2 cm³/mol. The van der Waals surface area contributed by atoms with Crippen LogP contribution in [0.5, 0.6) is 11.5 Å². The highest BCUT2D eigenvalue weighted by atomic mass is 79.9. The van der Waals surface area contributed by atoms with E-state index in [-0.39, 0.29) is 12.4 Å². The largest absolute Gasteiger partial charge is 0.495 e. The molecule has 1 aromatic rings. The fraction of sp³-hybridized carbons (Fsp3) is 0.538. The summed E-state index contributed by atoms with van der Waals surface area (Å²) in [4.78, 5) is 0. The Bertz CT molecular complexity index is 394. The molecule has 4 nitrogen and oxygen atoms in total. The van der Waals surface area contributed by atoms with Gasteiger partial charge in [0.15, 0.2) is 17.9 Å². The molecule has 1 aromatic carbocycles. The number of hydrogen-bond acceptors (Lipinski definition) is 4. The summed E-state index contributed by atoms with van der Waals surface area (Å²) in [7, 11) is 1.50. The van der Waals surface area contributed by atoms with Crippen molar-refractivity contribution in [2.24, 2.45) is 0 Å². The van der Waals surface area contributed by atoms with Gasteiger partial charge in [-0.1, -0.05) is 0 Å². The molecule has 0 spiro atoms. The van der Waals surface area contributed by atoms with Crippen molar-refractivity contribution in [1.29, 1.82) is 0 Å². The fourth-order valence-corrected chi connectivity index (χ4v) is 1.93. The van der Waals surface area contributed by atoms with Crippen molar-refractivity contribution >= 4 is 15.9 Å². The molecule has 0 aliphatic carbocycles. The second kappa shape index (κ2) is 8.35. The van der Waals surface area contributed by atoms with Crippen LogP contribution in [0.3, 0.4) is 0 Å². The van der Waals surface area contributed by atoms with Crippen LogP contribution in [0.15, 0.2) is 16.6 Å². The molecule has 0 aliphatic heterocycles. The zero-order chi connectivity index (χ0) is 14.3. The lowest BCUT2D eigenvalue weighted by Gasteiger charge is -2.18. The molecular weight excluding hydrogens is 319 g/mol. The maximum atomic E-state index is 13.7. The Morgan fingerprint density at radius 2 is 1.79 bits per heavy atom. The summed E-state index contributed by atoms with van der Waals surface area (Å²) in [6.45, 7) is 4.83. The molecule has 0 fully saturated rings. The van der Waals surface area contributed by atoms with Crippen LogP contribution in [0.1, 0.15) is 13.8 Å². The van der Waals surface area contributed by atoms with Crippen molar-refractivity contribution in [1.82, 2.24) is 0 Å². The number of rotatable bonds is 8. The van der Waals surface area contributed by atoms with Crippen LogP contribution < -0.4 is 9.47 Å². The van der Waals surface area contributed by atoms with Crippen LogP contribution in [0.2, 0.25) is 0 Å². The Balaban J connectivity index is 2.70. The topological polar surface area (TPSA) is 36.9 Å². The highest BCUT2D eigenvalue weighted by Gasteiger charge is 2.13. The quantitative estimate of drug-likeness (QED) is 0.682. The second-order valence-electron chi connectivity index (χ2n) is 3.57. The average Bonchev–Trinajstić information content (AvgIpc) is 2.38. The van der Waals surface area contributed by atoms with E-state index in [9.17, 15) is 4.39 Å². The minimum atomic E-state index is -0.510. The van der Waals surface area contributed by atoms with E-state index >= 15 is 0 Å². The SMILES string of the molecule is CCOC(COc1cc(OC)c(Br)cc1F)OCC. The Kier molecular flexibility index (Phi) is 7.12. The van der Waals surface area contributed by atoms with Gasteiger partial charge in [0.2, 0.25) is 0 Å². The van der Waals surface area contributed by atoms with Gasteiger partial charge < -0.3 is 18.9 Å². The van der Waals surface area contributed by atoms with E-state index in [1.54, 1.807) is 0 Å². The number of halogens is 2. The summed E-state index contributed by atoms with van der Waals surface area (Å²) in [6.07, 6.45) is -0.510. The Morgan fingerprint density at radius 3 is 2.32 bits per heavy atom. The molecule has 19 heavy (non-hydrogen) atoms. The number of benzene rings is 1.